The zero-order valence-corrected chi connectivity index (χ0v) is 21.7. The lowest BCUT2D eigenvalue weighted by molar-refractivity contribution is 0.466. The fraction of sp³-hybridized carbons (Fsp3) is 0.483. The monoisotopic (exact) mass is 481 g/mol. The number of para-hydroxylation sites is 1. The summed E-state index contributed by atoms with van der Waals surface area (Å²) in [5, 5.41) is 10.6. The van der Waals surface area contributed by atoms with Gasteiger partial charge in [0.15, 0.2) is 3.95 Å². The number of thiazole rings is 1. The van der Waals surface area contributed by atoms with Crippen molar-refractivity contribution in [1.82, 2.24) is 4.57 Å². The van der Waals surface area contributed by atoms with Crippen LogP contribution in [0.2, 0.25) is 0 Å². The highest BCUT2D eigenvalue weighted by molar-refractivity contribution is 7.73. The average molecular weight is 482 g/mol. The second-order valence-corrected chi connectivity index (χ2v) is 10.7. The van der Waals surface area contributed by atoms with Gasteiger partial charge < -0.3 is 9.67 Å². The first-order chi connectivity index (χ1) is 16.2. The third kappa shape index (κ3) is 8.42. The zero-order chi connectivity index (χ0) is 23.3. The summed E-state index contributed by atoms with van der Waals surface area (Å²) >= 11 is 7.17. The first-order valence-corrected chi connectivity index (χ1v) is 14.0. The van der Waals surface area contributed by atoms with Gasteiger partial charge in [-0.1, -0.05) is 108 Å². The van der Waals surface area contributed by atoms with Crippen LogP contribution in [0.5, 0.6) is 5.75 Å². The molecule has 1 aromatic heterocycles. The topological polar surface area (TPSA) is 25.2 Å². The number of unbranched alkanes of at least 4 members (excludes halogenated alkanes) is 11. The minimum Gasteiger partial charge on any atom is -0.508 e. The number of fused-ring (bicyclic) bond motifs is 1. The molecule has 0 aliphatic rings. The van der Waals surface area contributed by atoms with Gasteiger partial charge in [-0.25, -0.2) is 0 Å². The van der Waals surface area contributed by atoms with Crippen LogP contribution in [0.3, 0.4) is 0 Å². The number of aromatic nitrogens is 1. The van der Waals surface area contributed by atoms with Crippen molar-refractivity contribution in [2.75, 3.05) is 0 Å². The van der Waals surface area contributed by atoms with Crippen molar-refractivity contribution in [2.24, 2.45) is 0 Å². The molecule has 4 heteroatoms. The van der Waals surface area contributed by atoms with Gasteiger partial charge in [-0.05, 0) is 48.8 Å². The molecule has 0 saturated carbocycles. The van der Waals surface area contributed by atoms with Gasteiger partial charge in [-0.3, -0.25) is 0 Å². The maximum atomic E-state index is 10.6. The predicted octanol–water partition coefficient (Wildman–Crippen LogP) is 9.90. The third-order valence-electron chi connectivity index (χ3n) is 6.30. The Bertz CT molecular complexity index is 1060. The summed E-state index contributed by atoms with van der Waals surface area (Å²) in [6.07, 6.45) is 20.6. The van der Waals surface area contributed by atoms with Crippen molar-refractivity contribution in [3.63, 3.8) is 0 Å². The standard InChI is InChI=1S/C29H39NOS2/c1-2-3-4-5-6-7-8-9-10-11-12-13-14-17-24-20-21-25(27(31)22-24)23-30-26-18-15-16-19-28(26)33-29(30)32/h14-22,31H,2-13,23H2,1H3. The van der Waals surface area contributed by atoms with Crippen molar-refractivity contribution in [3.8, 4) is 5.75 Å². The van der Waals surface area contributed by atoms with Crippen LogP contribution < -0.4 is 0 Å². The molecule has 178 valence electrons. The van der Waals surface area contributed by atoms with Gasteiger partial charge in [0.1, 0.15) is 5.75 Å². The number of allylic oxidation sites excluding steroid dienone is 1. The molecule has 3 aromatic rings. The van der Waals surface area contributed by atoms with E-state index in [0.29, 0.717) is 12.3 Å². The summed E-state index contributed by atoms with van der Waals surface area (Å²) in [7, 11) is 0. The van der Waals surface area contributed by atoms with E-state index in [9.17, 15) is 5.11 Å². The molecule has 0 saturated heterocycles. The van der Waals surface area contributed by atoms with Gasteiger partial charge in [-0.2, -0.15) is 0 Å². The molecule has 1 heterocycles. The van der Waals surface area contributed by atoms with E-state index in [1.807, 2.05) is 24.3 Å². The number of hydrogen-bond acceptors (Lipinski definition) is 3. The Labute approximate surface area is 209 Å². The average Bonchev–Trinajstić information content (AvgIpc) is 3.13. The summed E-state index contributed by atoms with van der Waals surface area (Å²) in [6.45, 7) is 2.87. The predicted molar refractivity (Wildman–Crippen MR) is 148 cm³/mol. The van der Waals surface area contributed by atoms with E-state index in [0.717, 1.165) is 27.0 Å². The SMILES string of the molecule is CCCCCCCCCCCCCC=Cc1ccc(Cn2c(=S)sc3ccccc32)c(O)c1. The molecule has 0 fully saturated rings. The number of rotatable bonds is 15. The van der Waals surface area contributed by atoms with Crippen LogP contribution in [0, 0.1) is 3.95 Å². The first-order valence-electron chi connectivity index (χ1n) is 12.8. The van der Waals surface area contributed by atoms with Crippen molar-refractivity contribution < 1.29 is 5.11 Å². The van der Waals surface area contributed by atoms with Crippen LogP contribution in [0.4, 0.5) is 0 Å². The minimum atomic E-state index is 0.337. The largest absolute Gasteiger partial charge is 0.508 e. The molecule has 0 bridgehead atoms. The first kappa shape index (κ1) is 25.7. The van der Waals surface area contributed by atoms with E-state index in [-0.39, 0.29) is 0 Å². The maximum Gasteiger partial charge on any atom is 0.162 e. The van der Waals surface area contributed by atoms with Crippen LogP contribution in [0.15, 0.2) is 48.5 Å². The number of nitrogens with zero attached hydrogens (tertiary/aromatic N) is 1. The highest BCUT2D eigenvalue weighted by atomic mass is 32.1. The Kier molecular flexibility index (Phi) is 11.2. The highest BCUT2D eigenvalue weighted by Gasteiger charge is 2.08. The van der Waals surface area contributed by atoms with Crippen molar-refractivity contribution in [1.29, 1.82) is 0 Å². The van der Waals surface area contributed by atoms with E-state index < -0.39 is 0 Å². The van der Waals surface area contributed by atoms with Gasteiger partial charge >= 0.3 is 0 Å². The Morgan fingerprint density at radius 2 is 1.55 bits per heavy atom. The maximum absolute atomic E-state index is 10.6. The van der Waals surface area contributed by atoms with Crippen molar-refractivity contribution in [2.45, 2.75) is 90.5 Å². The molecule has 0 radical (unpaired) electrons. The molecule has 1 N–H and O–H groups in total. The van der Waals surface area contributed by atoms with Crippen LogP contribution in [-0.4, -0.2) is 9.67 Å². The third-order valence-corrected chi connectivity index (χ3v) is 7.73. The zero-order valence-electron chi connectivity index (χ0n) is 20.1. The Morgan fingerprint density at radius 3 is 2.24 bits per heavy atom. The molecule has 0 aliphatic carbocycles. The van der Waals surface area contributed by atoms with Gasteiger partial charge in [0.05, 0.1) is 16.8 Å². The Balaban J connectivity index is 1.36. The normalized spacial score (nSPS) is 11.7. The van der Waals surface area contributed by atoms with Gasteiger partial charge in [-0.15, -0.1) is 11.3 Å². The molecule has 3 rings (SSSR count). The van der Waals surface area contributed by atoms with Gasteiger partial charge in [0.25, 0.3) is 0 Å². The fourth-order valence-corrected chi connectivity index (χ4v) is 5.62. The lowest BCUT2D eigenvalue weighted by Crippen LogP contribution is -1.99. The van der Waals surface area contributed by atoms with E-state index in [2.05, 4.69) is 41.8 Å². The molecule has 33 heavy (non-hydrogen) atoms. The van der Waals surface area contributed by atoms with Gasteiger partial charge in [0.2, 0.25) is 0 Å². The quantitative estimate of drug-likeness (QED) is 0.172. The number of phenolic OH excluding ortho intramolecular Hbond substituents is 1. The fourth-order valence-electron chi connectivity index (χ4n) is 4.30. The Hall–Kier alpha value is -1.91. The molecule has 2 aromatic carbocycles. The number of phenols is 1. The summed E-state index contributed by atoms with van der Waals surface area (Å²) in [5.41, 5.74) is 3.08. The van der Waals surface area contributed by atoms with E-state index in [1.165, 1.54) is 75.3 Å². The summed E-state index contributed by atoms with van der Waals surface area (Å²) in [5.74, 6) is 0.337. The van der Waals surface area contributed by atoms with Gasteiger partial charge in [0, 0.05) is 5.56 Å². The number of aromatic hydroxyl groups is 1. The van der Waals surface area contributed by atoms with Crippen LogP contribution in [-0.2, 0) is 6.54 Å². The molecule has 0 aliphatic heterocycles. The smallest absolute Gasteiger partial charge is 0.162 e. The summed E-state index contributed by atoms with van der Waals surface area (Å²) < 4.78 is 4.13. The number of hydrogen-bond donors (Lipinski definition) is 1. The molecule has 0 unspecified atom stereocenters. The number of benzene rings is 2. The molecule has 0 amide bonds. The molecule has 0 spiro atoms. The Morgan fingerprint density at radius 1 is 0.879 bits per heavy atom. The summed E-state index contributed by atoms with van der Waals surface area (Å²) in [6, 6.07) is 14.2. The summed E-state index contributed by atoms with van der Waals surface area (Å²) in [4.78, 5) is 0. The highest BCUT2D eigenvalue weighted by Crippen LogP contribution is 2.27. The van der Waals surface area contributed by atoms with Crippen molar-refractivity contribution >= 4 is 39.8 Å². The molecular formula is C29H39NOS2. The second-order valence-electron chi connectivity index (χ2n) is 9.04. The molecule has 0 atom stereocenters. The van der Waals surface area contributed by atoms with Crippen LogP contribution in [0.1, 0.15) is 95.1 Å². The second kappa shape index (κ2) is 14.4. The molecular weight excluding hydrogens is 442 g/mol. The van der Waals surface area contributed by atoms with Crippen LogP contribution in [0.25, 0.3) is 16.3 Å². The lowest BCUT2D eigenvalue weighted by Gasteiger charge is -2.08. The van der Waals surface area contributed by atoms with Crippen LogP contribution >= 0.6 is 23.6 Å². The van der Waals surface area contributed by atoms with E-state index >= 15 is 0 Å². The minimum absolute atomic E-state index is 0.337. The van der Waals surface area contributed by atoms with E-state index in [4.69, 9.17) is 12.2 Å². The van der Waals surface area contributed by atoms with E-state index in [1.54, 1.807) is 11.3 Å². The lowest BCUT2D eigenvalue weighted by atomic mass is 10.0. The molecule has 2 nitrogen and oxygen atoms in total. The van der Waals surface area contributed by atoms with Crippen molar-refractivity contribution in [3.05, 3.63) is 63.6 Å².